The van der Waals surface area contributed by atoms with Crippen LogP contribution in [0.2, 0.25) is 0 Å². The Hall–Kier alpha value is -1.43. The van der Waals surface area contributed by atoms with Crippen molar-refractivity contribution in [1.82, 2.24) is 9.88 Å². The highest BCUT2D eigenvalue weighted by molar-refractivity contribution is 7.13. The minimum absolute atomic E-state index is 0.0384. The highest BCUT2D eigenvalue weighted by Gasteiger charge is 2.35. The summed E-state index contributed by atoms with van der Waals surface area (Å²) < 4.78 is 4.92. The van der Waals surface area contributed by atoms with Gasteiger partial charge in [-0.25, -0.2) is 4.98 Å². The number of carbonyl (C=O) groups excluding carboxylic acids is 2. The largest absolute Gasteiger partial charge is 0.465 e. The Kier molecular flexibility index (Phi) is 4.52. The average molecular weight is 282 g/mol. The number of carbonyl (C=O) groups is 2. The normalized spacial score (nSPS) is 14.2. The minimum Gasteiger partial charge on any atom is -0.465 e. The summed E-state index contributed by atoms with van der Waals surface area (Å²) in [7, 11) is 0. The van der Waals surface area contributed by atoms with E-state index in [1.807, 2.05) is 6.92 Å². The van der Waals surface area contributed by atoms with Gasteiger partial charge in [0.05, 0.1) is 17.8 Å². The van der Waals surface area contributed by atoms with Gasteiger partial charge in [-0.3, -0.25) is 9.59 Å². The summed E-state index contributed by atoms with van der Waals surface area (Å²) in [6, 6.07) is 0.184. The van der Waals surface area contributed by atoms with Crippen molar-refractivity contribution in [3.8, 4) is 0 Å². The van der Waals surface area contributed by atoms with Gasteiger partial charge in [0.1, 0.15) is 11.4 Å². The van der Waals surface area contributed by atoms with Crippen LogP contribution < -0.4 is 0 Å². The zero-order valence-electron chi connectivity index (χ0n) is 11.2. The van der Waals surface area contributed by atoms with E-state index >= 15 is 0 Å². The number of aryl methyl sites for hydroxylation is 1. The predicted molar refractivity (Wildman–Crippen MR) is 72.2 cm³/mol. The Balaban J connectivity index is 2.06. The molecule has 1 aromatic heterocycles. The fourth-order valence-electron chi connectivity index (χ4n) is 1.81. The number of rotatable bonds is 6. The van der Waals surface area contributed by atoms with Crippen LogP contribution >= 0.6 is 11.3 Å². The lowest BCUT2D eigenvalue weighted by Crippen LogP contribution is -2.37. The Labute approximate surface area is 116 Å². The van der Waals surface area contributed by atoms with Gasteiger partial charge in [0.25, 0.3) is 5.91 Å². The summed E-state index contributed by atoms with van der Waals surface area (Å²) >= 11 is 1.40. The molecule has 0 aromatic carbocycles. The summed E-state index contributed by atoms with van der Waals surface area (Å²) in [4.78, 5) is 30.3. The third-order valence-electron chi connectivity index (χ3n) is 2.92. The third-order valence-corrected chi connectivity index (χ3v) is 4.05. The van der Waals surface area contributed by atoms with Crippen molar-refractivity contribution in [1.29, 1.82) is 0 Å². The molecule has 1 amide bonds. The standard InChI is InChI=1S/C13H18N2O3S/c1-3-11-14-7-10(19-11)13(17)15(9-5-6-9)8-12(16)18-4-2/h7,9H,3-6,8H2,1-2H3. The van der Waals surface area contributed by atoms with E-state index in [1.165, 1.54) is 11.3 Å². The molecule has 104 valence electrons. The van der Waals surface area contributed by atoms with Crippen LogP contribution in [0.15, 0.2) is 6.20 Å². The van der Waals surface area contributed by atoms with Gasteiger partial charge in [-0.2, -0.15) is 0 Å². The van der Waals surface area contributed by atoms with E-state index in [-0.39, 0.29) is 24.5 Å². The molecule has 1 fully saturated rings. The molecule has 1 heterocycles. The van der Waals surface area contributed by atoms with Gasteiger partial charge in [0.15, 0.2) is 0 Å². The summed E-state index contributed by atoms with van der Waals surface area (Å²) in [5, 5.41) is 0.940. The third kappa shape index (κ3) is 3.53. The number of hydrogen-bond acceptors (Lipinski definition) is 5. The number of ether oxygens (including phenoxy) is 1. The topological polar surface area (TPSA) is 59.5 Å². The van der Waals surface area contributed by atoms with Crippen molar-refractivity contribution in [3.63, 3.8) is 0 Å². The lowest BCUT2D eigenvalue weighted by Gasteiger charge is -2.20. The summed E-state index contributed by atoms with van der Waals surface area (Å²) in [6.07, 6.45) is 4.35. The first kappa shape index (κ1) is 14.0. The summed E-state index contributed by atoms with van der Waals surface area (Å²) in [5.41, 5.74) is 0. The van der Waals surface area contributed by atoms with E-state index in [9.17, 15) is 9.59 Å². The lowest BCUT2D eigenvalue weighted by atomic mass is 10.4. The highest BCUT2D eigenvalue weighted by atomic mass is 32.1. The SMILES string of the molecule is CCOC(=O)CN(C(=O)c1cnc(CC)s1)C1CC1. The van der Waals surface area contributed by atoms with Gasteiger partial charge in [-0.15, -0.1) is 11.3 Å². The van der Waals surface area contributed by atoms with Gasteiger partial charge < -0.3 is 9.64 Å². The first-order valence-corrected chi connectivity index (χ1v) is 7.38. The second-order valence-electron chi connectivity index (χ2n) is 4.44. The fourth-order valence-corrected chi connectivity index (χ4v) is 2.63. The number of aromatic nitrogens is 1. The van der Waals surface area contributed by atoms with Crippen LogP contribution in [0.5, 0.6) is 0 Å². The van der Waals surface area contributed by atoms with Crippen molar-refractivity contribution >= 4 is 23.2 Å². The molecule has 2 rings (SSSR count). The van der Waals surface area contributed by atoms with E-state index in [0.717, 1.165) is 24.3 Å². The zero-order valence-corrected chi connectivity index (χ0v) is 12.0. The first-order chi connectivity index (χ1) is 9.15. The van der Waals surface area contributed by atoms with Crippen molar-refractivity contribution in [2.45, 2.75) is 39.2 Å². The van der Waals surface area contributed by atoms with Crippen LogP contribution in [0, 0.1) is 0 Å². The van der Waals surface area contributed by atoms with Crippen LogP contribution in [0.4, 0.5) is 0 Å². The smallest absolute Gasteiger partial charge is 0.325 e. The Morgan fingerprint density at radius 3 is 2.74 bits per heavy atom. The number of thiazole rings is 1. The minimum atomic E-state index is -0.344. The molecule has 5 nitrogen and oxygen atoms in total. The van der Waals surface area contributed by atoms with Gasteiger partial charge in [0.2, 0.25) is 0 Å². The molecule has 0 spiro atoms. The zero-order chi connectivity index (χ0) is 13.8. The molecule has 0 unspecified atom stereocenters. The molecule has 0 saturated heterocycles. The van der Waals surface area contributed by atoms with E-state index < -0.39 is 0 Å². The maximum Gasteiger partial charge on any atom is 0.325 e. The number of amides is 1. The first-order valence-electron chi connectivity index (χ1n) is 6.57. The second kappa shape index (κ2) is 6.14. The van der Waals surface area contributed by atoms with E-state index in [1.54, 1.807) is 18.0 Å². The van der Waals surface area contributed by atoms with Crippen molar-refractivity contribution in [3.05, 3.63) is 16.1 Å². The van der Waals surface area contributed by atoms with E-state index in [2.05, 4.69) is 4.98 Å². The van der Waals surface area contributed by atoms with Gasteiger partial charge in [-0.1, -0.05) is 6.92 Å². The number of esters is 1. The molecular weight excluding hydrogens is 264 g/mol. The Morgan fingerprint density at radius 2 is 2.21 bits per heavy atom. The molecular formula is C13H18N2O3S. The highest BCUT2D eigenvalue weighted by Crippen LogP contribution is 2.29. The van der Waals surface area contributed by atoms with Crippen molar-refractivity contribution in [2.24, 2.45) is 0 Å². The van der Waals surface area contributed by atoms with Crippen LogP contribution in [-0.2, 0) is 16.0 Å². The lowest BCUT2D eigenvalue weighted by molar-refractivity contribution is -0.143. The molecule has 19 heavy (non-hydrogen) atoms. The molecule has 0 N–H and O–H groups in total. The monoisotopic (exact) mass is 282 g/mol. The van der Waals surface area contributed by atoms with Crippen LogP contribution in [-0.4, -0.2) is 41.0 Å². The molecule has 6 heteroatoms. The van der Waals surface area contributed by atoms with Crippen LogP contribution in [0.1, 0.15) is 41.4 Å². The summed E-state index contributed by atoms with van der Waals surface area (Å²) in [5.74, 6) is -0.448. The van der Waals surface area contributed by atoms with E-state index in [4.69, 9.17) is 4.74 Å². The molecule has 1 saturated carbocycles. The second-order valence-corrected chi connectivity index (χ2v) is 5.56. The van der Waals surface area contributed by atoms with Crippen LogP contribution in [0.3, 0.4) is 0 Å². The molecule has 1 aliphatic carbocycles. The molecule has 1 aliphatic rings. The van der Waals surface area contributed by atoms with E-state index in [0.29, 0.717) is 11.5 Å². The molecule has 0 radical (unpaired) electrons. The Morgan fingerprint density at radius 1 is 1.47 bits per heavy atom. The number of hydrogen-bond donors (Lipinski definition) is 0. The van der Waals surface area contributed by atoms with Gasteiger partial charge in [0, 0.05) is 6.04 Å². The molecule has 1 aromatic rings. The maximum atomic E-state index is 12.4. The predicted octanol–water partition coefficient (Wildman–Crippen LogP) is 1.87. The van der Waals surface area contributed by atoms with Gasteiger partial charge >= 0.3 is 5.97 Å². The molecule has 0 aliphatic heterocycles. The Bertz CT molecular complexity index is 468. The molecule has 0 atom stereocenters. The number of nitrogens with zero attached hydrogens (tertiary/aromatic N) is 2. The van der Waals surface area contributed by atoms with Crippen molar-refractivity contribution < 1.29 is 14.3 Å². The quantitative estimate of drug-likeness (QED) is 0.747. The van der Waals surface area contributed by atoms with Crippen molar-refractivity contribution in [2.75, 3.05) is 13.2 Å². The maximum absolute atomic E-state index is 12.4. The summed E-state index contributed by atoms with van der Waals surface area (Å²) in [6.45, 7) is 4.14. The van der Waals surface area contributed by atoms with Gasteiger partial charge in [-0.05, 0) is 26.2 Å². The van der Waals surface area contributed by atoms with Crippen LogP contribution in [0.25, 0.3) is 0 Å². The molecule has 0 bridgehead atoms. The average Bonchev–Trinajstić information content (AvgIpc) is 3.12. The fraction of sp³-hybridized carbons (Fsp3) is 0.615.